The highest BCUT2D eigenvalue weighted by Crippen LogP contribution is 2.27. The Bertz CT molecular complexity index is 596. The topological polar surface area (TPSA) is 26.0 Å². The zero-order valence-electron chi connectivity index (χ0n) is 10.5. The number of hydrogen-bond acceptors (Lipinski definition) is 1. The minimum Gasteiger partial charge on any atom is -0.324 e. The van der Waals surface area contributed by atoms with E-state index in [1.807, 2.05) is 31.2 Å². The first-order valence-electron chi connectivity index (χ1n) is 5.93. The molecule has 19 heavy (non-hydrogen) atoms. The summed E-state index contributed by atoms with van der Waals surface area (Å²) in [6.07, 6.45) is 0.624. The molecule has 0 bridgehead atoms. The average molecular weight is 315 g/mol. The molecular formula is C15H14Cl3N. The van der Waals surface area contributed by atoms with Crippen molar-refractivity contribution in [3.8, 4) is 0 Å². The van der Waals surface area contributed by atoms with Gasteiger partial charge in [-0.15, -0.1) is 0 Å². The molecule has 1 nitrogen and oxygen atoms in total. The van der Waals surface area contributed by atoms with E-state index in [1.54, 1.807) is 12.1 Å². The zero-order valence-corrected chi connectivity index (χ0v) is 12.7. The fraction of sp³-hybridized carbons (Fsp3) is 0.200. The van der Waals surface area contributed by atoms with Crippen molar-refractivity contribution in [2.24, 2.45) is 5.73 Å². The zero-order chi connectivity index (χ0) is 14.0. The summed E-state index contributed by atoms with van der Waals surface area (Å²) in [6, 6.07) is 11.1. The summed E-state index contributed by atoms with van der Waals surface area (Å²) in [4.78, 5) is 0. The molecule has 0 aliphatic rings. The molecule has 2 aromatic rings. The third kappa shape index (κ3) is 3.64. The fourth-order valence-corrected chi connectivity index (χ4v) is 2.47. The Balaban J connectivity index is 2.22. The van der Waals surface area contributed by atoms with Crippen LogP contribution in [0.25, 0.3) is 0 Å². The highest BCUT2D eigenvalue weighted by atomic mass is 35.5. The summed E-state index contributed by atoms with van der Waals surface area (Å²) < 4.78 is 0. The molecule has 0 heterocycles. The molecule has 2 N–H and O–H groups in total. The van der Waals surface area contributed by atoms with Crippen LogP contribution in [0.3, 0.4) is 0 Å². The van der Waals surface area contributed by atoms with Crippen LogP contribution in [0.15, 0.2) is 36.4 Å². The number of hydrogen-bond donors (Lipinski definition) is 1. The van der Waals surface area contributed by atoms with E-state index < -0.39 is 0 Å². The van der Waals surface area contributed by atoms with E-state index >= 15 is 0 Å². The van der Waals surface area contributed by atoms with Crippen LogP contribution in [-0.2, 0) is 6.42 Å². The van der Waals surface area contributed by atoms with Crippen molar-refractivity contribution in [2.75, 3.05) is 0 Å². The monoisotopic (exact) mass is 313 g/mol. The normalized spacial score (nSPS) is 12.5. The first-order valence-corrected chi connectivity index (χ1v) is 7.06. The minimum atomic E-state index is -0.158. The number of rotatable bonds is 3. The van der Waals surface area contributed by atoms with Crippen molar-refractivity contribution < 1.29 is 0 Å². The van der Waals surface area contributed by atoms with Crippen LogP contribution < -0.4 is 5.73 Å². The minimum absolute atomic E-state index is 0.158. The number of aryl methyl sites for hydroxylation is 1. The second kappa shape index (κ2) is 6.15. The summed E-state index contributed by atoms with van der Waals surface area (Å²) in [5, 5.41) is 2.07. The average Bonchev–Trinajstić information content (AvgIpc) is 2.37. The van der Waals surface area contributed by atoms with Gasteiger partial charge in [0.15, 0.2) is 0 Å². The quantitative estimate of drug-likeness (QED) is 0.828. The summed E-state index contributed by atoms with van der Waals surface area (Å²) in [5.74, 6) is 0. The summed E-state index contributed by atoms with van der Waals surface area (Å²) in [6.45, 7) is 1.96. The van der Waals surface area contributed by atoms with Crippen molar-refractivity contribution in [1.82, 2.24) is 0 Å². The maximum absolute atomic E-state index is 6.20. The van der Waals surface area contributed by atoms with Gasteiger partial charge in [-0.1, -0.05) is 46.9 Å². The van der Waals surface area contributed by atoms with Crippen molar-refractivity contribution >= 4 is 34.8 Å². The third-order valence-corrected chi connectivity index (χ3v) is 4.08. The van der Waals surface area contributed by atoms with E-state index in [-0.39, 0.29) is 6.04 Å². The molecule has 0 aromatic heterocycles. The van der Waals surface area contributed by atoms with Crippen molar-refractivity contribution in [1.29, 1.82) is 0 Å². The molecule has 2 rings (SSSR count). The third-order valence-electron chi connectivity index (χ3n) is 3.07. The molecule has 0 radical (unpaired) electrons. The van der Waals surface area contributed by atoms with Crippen LogP contribution in [-0.4, -0.2) is 0 Å². The predicted molar refractivity (Wildman–Crippen MR) is 83.3 cm³/mol. The number of nitrogens with two attached hydrogens (primary N) is 1. The number of benzene rings is 2. The van der Waals surface area contributed by atoms with Crippen LogP contribution in [0, 0.1) is 6.92 Å². The maximum atomic E-state index is 6.20. The molecule has 4 heteroatoms. The van der Waals surface area contributed by atoms with E-state index in [0.717, 1.165) is 21.7 Å². The Morgan fingerprint density at radius 3 is 2.42 bits per heavy atom. The lowest BCUT2D eigenvalue weighted by Gasteiger charge is -2.14. The van der Waals surface area contributed by atoms with E-state index in [1.165, 1.54) is 0 Å². The smallest absolute Gasteiger partial charge is 0.0439 e. The molecule has 0 aliphatic carbocycles. The van der Waals surface area contributed by atoms with Gasteiger partial charge in [-0.25, -0.2) is 0 Å². The van der Waals surface area contributed by atoms with E-state index in [2.05, 4.69) is 0 Å². The lowest BCUT2D eigenvalue weighted by molar-refractivity contribution is 0.722. The Labute approximate surface area is 128 Å². The second-order valence-corrected chi connectivity index (χ2v) is 5.81. The molecule has 0 spiro atoms. The predicted octanol–water partition coefficient (Wildman–Crippen LogP) is 5.20. The van der Waals surface area contributed by atoms with Crippen molar-refractivity contribution in [3.63, 3.8) is 0 Å². The maximum Gasteiger partial charge on any atom is 0.0439 e. The van der Waals surface area contributed by atoms with E-state index in [4.69, 9.17) is 40.5 Å². The van der Waals surface area contributed by atoms with Crippen LogP contribution in [0.1, 0.15) is 22.7 Å². The molecule has 0 fully saturated rings. The first-order chi connectivity index (χ1) is 8.97. The van der Waals surface area contributed by atoms with Gasteiger partial charge < -0.3 is 5.73 Å². The SMILES string of the molecule is Cc1ccc(C(N)Cc2cc(Cl)ccc2Cl)cc1Cl. The van der Waals surface area contributed by atoms with Crippen LogP contribution in [0.5, 0.6) is 0 Å². The Kier molecular flexibility index (Phi) is 4.75. The highest BCUT2D eigenvalue weighted by Gasteiger charge is 2.11. The molecule has 0 saturated heterocycles. The molecule has 100 valence electrons. The molecule has 1 atom stereocenters. The van der Waals surface area contributed by atoms with Gasteiger partial charge in [0.2, 0.25) is 0 Å². The van der Waals surface area contributed by atoms with Gasteiger partial charge in [-0.2, -0.15) is 0 Å². The van der Waals surface area contributed by atoms with E-state index in [0.29, 0.717) is 16.5 Å². The Morgan fingerprint density at radius 1 is 1.00 bits per heavy atom. The molecule has 0 amide bonds. The van der Waals surface area contributed by atoms with Gasteiger partial charge in [0, 0.05) is 21.1 Å². The molecule has 2 aromatic carbocycles. The Morgan fingerprint density at radius 2 is 1.74 bits per heavy atom. The van der Waals surface area contributed by atoms with Gasteiger partial charge >= 0.3 is 0 Å². The molecule has 1 unspecified atom stereocenters. The van der Waals surface area contributed by atoms with Crippen molar-refractivity contribution in [3.05, 3.63) is 68.2 Å². The lowest BCUT2D eigenvalue weighted by atomic mass is 9.99. The number of halogens is 3. The van der Waals surface area contributed by atoms with Gasteiger partial charge in [-0.3, -0.25) is 0 Å². The fourth-order valence-electron chi connectivity index (χ4n) is 1.89. The molecule has 0 aliphatic heterocycles. The Hall–Kier alpha value is -0.730. The van der Waals surface area contributed by atoms with Crippen LogP contribution >= 0.6 is 34.8 Å². The van der Waals surface area contributed by atoms with Gasteiger partial charge in [0.25, 0.3) is 0 Å². The second-order valence-electron chi connectivity index (χ2n) is 4.55. The van der Waals surface area contributed by atoms with Crippen molar-refractivity contribution in [2.45, 2.75) is 19.4 Å². The van der Waals surface area contributed by atoms with Gasteiger partial charge in [0.1, 0.15) is 0 Å². The first kappa shape index (κ1) is 14.7. The summed E-state index contributed by atoms with van der Waals surface area (Å²) >= 11 is 18.2. The van der Waals surface area contributed by atoms with Crippen LogP contribution in [0.2, 0.25) is 15.1 Å². The largest absolute Gasteiger partial charge is 0.324 e. The molecule has 0 saturated carbocycles. The van der Waals surface area contributed by atoms with Crippen LogP contribution in [0.4, 0.5) is 0 Å². The standard InChI is InChI=1S/C15H14Cl3N/c1-9-2-3-10(7-14(9)18)15(19)8-11-6-12(16)4-5-13(11)17/h2-7,15H,8,19H2,1H3. The molecular weight excluding hydrogens is 301 g/mol. The highest BCUT2D eigenvalue weighted by molar-refractivity contribution is 6.33. The van der Waals surface area contributed by atoms with E-state index in [9.17, 15) is 0 Å². The van der Waals surface area contributed by atoms with Gasteiger partial charge in [0.05, 0.1) is 0 Å². The summed E-state index contributed by atoms with van der Waals surface area (Å²) in [7, 11) is 0. The summed E-state index contributed by atoms with van der Waals surface area (Å²) in [5.41, 5.74) is 9.18. The van der Waals surface area contributed by atoms with Gasteiger partial charge in [-0.05, 0) is 54.3 Å². The lowest BCUT2D eigenvalue weighted by Crippen LogP contribution is -2.13.